The first kappa shape index (κ1) is 33.8. The van der Waals surface area contributed by atoms with Gasteiger partial charge in [-0.15, -0.1) is 0 Å². The van der Waals surface area contributed by atoms with Crippen molar-refractivity contribution in [3.05, 3.63) is 95.1 Å². The summed E-state index contributed by atoms with van der Waals surface area (Å²) in [7, 11) is 0. The van der Waals surface area contributed by atoms with Gasteiger partial charge in [0.15, 0.2) is 11.6 Å². The van der Waals surface area contributed by atoms with Crippen molar-refractivity contribution in [2.75, 3.05) is 0 Å². The Bertz CT molecular complexity index is 1520. The van der Waals surface area contributed by atoms with Gasteiger partial charge < -0.3 is 20.1 Å². The first-order valence-corrected chi connectivity index (χ1v) is 13.6. The van der Waals surface area contributed by atoms with E-state index >= 15 is 4.39 Å². The number of alkyl halides is 7. The minimum Gasteiger partial charge on any atom is -0.485 e. The average Bonchev–Trinajstić information content (AvgIpc) is 3.69. The van der Waals surface area contributed by atoms with Gasteiger partial charge in [-0.2, -0.15) is 30.7 Å². The fourth-order valence-electron chi connectivity index (χ4n) is 4.75. The van der Waals surface area contributed by atoms with Crippen molar-refractivity contribution in [1.82, 2.24) is 10.6 Å². The van der Waals surface area contributed by atoms with Crippen molar-refractivity contribution in [3.8, 4) is 11.5 Å². The van der Waals surface area contributed by atoms with Gasteiger partial charge in [-0.05, 0) is 74.6 Å². The van der Waals surface area contributed by atoms with E-state index in [1.54, 1.807) is 51.1 Å². The lowest BCUT2D eigenvalue weighted by Gasteiger charge is -2.38. The van der Waals surface area contributed by atoms with E-state index in [0.29, 0.717) is 11.6 Å². The van der Waals surface area contributed by atoms with Crippen LogP contribution >= 0.6 is 0 Å². The lowest BCUT2D eigenvalue weighted by molar-refractivity contribution is -0.253. The number of ether oxygens (including phenoxy) is 2. The quantitative estimate of drug-likeness (QED) is 0.218. The third kappa shape index (κ3) is 7.77. The molecule has 0 radical (unpaired) electrons. The highest BCUT2D eigenvalue weighted by molar-refractivity contribution is 5.78. The number of rotatable bonds is 10. The fraction of sp³-hybridized carbons (Fsp3) is 0.387. The van der Waals surface area contributed by atoms with E-state index in [1.165, 1.54) is 0 Å². The minimum atomic E-state index is -5.05. The number of hydrogen-bond acceptors (Lipinski definition) is 3. The number of amides is 2. The molecule has 1 aliphatic carbocycles. The molecule has 244 valence electrons. The van der Waals surface area contributed by atoms with E-state index in [2.05, 4.69) is 10.1 Å². The van der Waals surface area contributed by atoms with E-state index in [4.69, 9.17) is 4.74 Å². The standard InChI is InChI=1S/C31H29F9N2O3/c1-27(2,3)45-24-15-19(9-10-23(24)33)29(17-18-7-5-4-6-8-18,42-26(43)41-28(11-12-28)31(38,39)40)20-13-21(32)16-22(14-20)44-30(36,37)25(34)35/h4-10,13-16,25H,11-12,17H2,1-3H3,(H2,41,42,43)/t29-/m1/s1. The fourth-order valence-corrected chi connectivity index (χ4v) is 4.75. The molecule has 1 fully saturated rings. The van der Waals surface area contributed by atoms with Gasteiger partial charge in [-0.25, -0.2) is 13.6 Å². The minimum absolute atomic E-state index is 0.0730. The second-order valence-electron chi connectivity index (χ2n) is 11.7. The van der Waals surface area contributed by atoms with E-state index in [0.717, 1.165) is 30.3 Å². The Balaban J connectivity index is 1.96. The Morgan fingerprint density at radius 1 is 0.867 bits per heavy atom. The van der Waals surface area contributed by atoms with E-state index in [-0.39, 0.29) is 17.7 Å². The number of carbonyl (C=O) groups is 1. The lowest BCUT2D eigenvalue weighted by Crippen LogP contribution is -2.57. The molecule has 0 unspecified atom stereocenters. The number of hydrogen-bond donors (Lipinski definition) is 2. The predicted molar refractivity (Wildman–Crippen MR) is 145 cm³/mol. The zero-order valence-corrected chi connectivity index (χ0v) is 24.2. The Morgan fingerprint density at radius 2 is 1.51 bits per heavy atom. The summed E-state index contributed by atoms with van der Waals surface area (Å²) in [6.07, 6.45) is -15.4. The SMILES string of the molecule is CC(C)(C)Oc1cc([C@@](Cc2ccccc2)(NC(=O)NC2(C(F)(F)F)CC2)c2cc(F)cc(OC(F)(F)C(F)F)c2)ccc1F. The first-order valence-electron chi connectivity index (χ1n) is 13.6. The van der Waals surface area contributed by atoms with Gasteiger partial charge in [0.05, 0.1) is 5.54 Å². The van der Waals surface area contributed by atoms with E-state index in [1.807, 2.05) is 5.32 Å². The second kappa shape index (κ2) is 12.0. The molecule has 3 aromatic carbocycles. The summed E-state index contributed by atoms with van der Waals surface area (Å²) < 4.78 is 135. The highest BCUT2D eigenvalue weighted by Gasteiger charge is 2.64. The van der Waals surface area contributed by atoms with Gasteiger partial charge in [0, 0.05) is 12.5 Å². The van der Waals surface area contributed by atoms with Crippen molar-refractivity contribution < 1.29 is 53.8 Å². The molecule has 1 saturated carbocycles. The van der Waals surface area contributed by atoms with Crippen molar-refractivity contribution >= 4 is 6.03 Å². The van der Waals surface area contributed by atoms with Crippen LogP contribution in [-0.4, -0.2) is 35.9 Å². The molecular formula is C31H29F9N2O3. The van der Waals surface area contributed by atoms with Crippen LogP contribution in [0.4, 0.5) is 44.3 Å². The van der Waals surface area contributed by atoms with Crippen LogP contribution in [-0.2, 0) is 12.0 Å². The maximum absolute atomic E-state index is 15.1. The smallest absolute Gasteiger partial charge is 0.461 e. The van der Waals surface area contributed by atoms with Crippen molar-refractivity contribution in [2.24, 2.45) is 0 Å². The maximum atomic E-state index is 15.1. The number of carbonyl (C=O) groups excluding carboxylic acids is 1. The van der Waals surface area contributed by atoms with Crippen LogP contribution in [0.1, 0.15) is 50.3 Å². The molecule has 45 heavy (non-hydrogen) atoms. The molecule has 1 atom stereocenters. The molecule has 14 heteroatoms. The van der Waals surface area contributed by atoms with Crippen LogP contribution in [0.25, 0.3) is 0 Å². The largest absolute Gasteiger partial charge is 0.485 e. The highest BCUT2D eigenvalue weighted by atomic mass is 19.4. The van der Waals surface area contributed by atoms with Crippen LogP contribution in [0.3, 0.4) is 0 Å². The molecule has 0 spiro atoms. The topological polar surface area (TPSA) is 59.6 Å². The maximum Gasteiger partial charge on any atom is 0.461 e. The van der Waals surface area contributed by atoms with Gasteiger partial charge in [-0.1, -0.05) is 36.4 Å². The van der Waals surface area contributed by atoms with Gasteiger partial charge in [0.2, 0.25) is 0 Å². The van der Waals surface area contributed by atoms with Gasteiger partial charge in [0.1, 0.15) is 22.7 Å². The highest BCUT2D eigenvalue weighted by Crippen LogP contribution is 2.49. The average molecular weight is 649 g/mol. The lowest BCUT2D eigenvalue weighted by atomic mass is 9.77. The molecule has 0 saturated heterocycles. The molecule has 0 bridgehead atoms. The van der Waals surface area contributed by atoms with Crippen LogP contribution < -0.4 is 20.1 Å². The Hall–Kier alpha value is -4.10. The molecule has 2 amide bonds. The molecule has 5 nitrogen and oxygen atoms in total. The molecule has 0 aliphatic heterocycles. The Kier molecular flexibility index (Phi) is 9.02. The molecule has 1 aliphatic rings. The van der Waals surface area contributed by atoms with Gasteiger partial charge in [0.25, 0.3) is 0 Å². The third-order valence-corrected chi connectivity index (χ3v) is 7.00. The monoisotopic (exact) mass is 648 g/mol. The van der Waals surface area contributed by atoms with Crippen molar-refractivity contribution in [2.45, 2.75) is 75.4 Å². The van der Waals surface area contributed by atoms with Crippen LogP contribution in [0.2, 0.25) is 0 Å². The van der Waals surface area contributed by atoms with Crippen LogP contribution in [0, 0.1) is 11.6 Å². The Labute approximate surface area is 252 Å². The normalized spacial score (nSPS) is 16.1. The molecular weight excluding hydrogens is 619 g/mol. The van der Waals surface area contributed by atoms with Gasteiger partial charge >= 0.3 is 24.7 Å². The summed E-state index contributed by atoms with van der Waals surface area (Å²) >= 11 is 0. The number of benzene rings is 3. The second-order valence-corrected chi connectivity index (χ2v) is 11.7. The summed E-state index contributed by atoms with van der Waals surface area (Å²) in [4.78, 5) is 13.4. The molecule has 2 N–H and O–H groups in total. The summed E-state index contributed by atoms with van der Waals surface area (Å²) in [5.41, 5.74) is -5.71. The number of urea groups is 1. The third-order valence-electron chi connectivity index (χ3n) is 7.00. The molecule has 4 rings (SSSR count). The zero-order chi connectivity index (χ0) is 33.4. The zero-order valence-electron chi connectivity index (χ0n) is 24.2. The Morgan fingerprint density at radius 3 is 2.07 bits per heavy atom. The van der Waals surface area contributed by atoms with Crippen molar-refractivity contribution in [3.63, 3.8) is 0 Å². The molecule has 0 heterocycles. The first-order chi connectivity index (χ1) is 20.8. The van der Waals surface area contributed by atoms with Crippen LogP contribution in [0.5, 0.6) is 11.5 Å². The molecule has 0 aromatic heterocycles. The molecule has 3 aromatic rings. The summed E-state index contributed by atoms with van der Waals surface area (Å²) in [5.74, 6) is -3.56. The predicted octanol–water partition coefficient (Wildman–Crippen LogP) is 8.26. The number of halogens is 9. The van der Waals surface area contributed by atoms with E-state index < -0.39 is 77.2 Å². The summed E-state index contributed by atoms with van der Waals surface area (Å²) in [6, 6.07) is 11.7. The summed E-state index contributed by atoms with van der Waals surface area (Å²) in [6.45, 7) is 4.81. The number of nitrogens with one attached hydrogen (secondary N) is 2. The van der Waals surface area contributed by atoms with Gasteiger partial charge in [-0.3, -0.25) is 0 Å². The van der Waals surface area contributed by atoms with Crippen molar-refractivity contribution in [1.29, 1.82) is 0 Å². The van der Waals surface area contributed by atoms with Crippen LogP contribution in [0.15, 0.2) is 66.7 Å². The summed E-state index contributed by atoms with van der Waals surface area (Å²) in [5, 5.41) is 4.35. The van der Waals surface area contributed by atoms with E-state index in [9.17, 15) is 39.9 Å².